The molecule has 0 saturated heterocycles. The van der Waals surface area contributed by atoms with Gasteiger partial charge in [0.25, 0.3) is 0 Å². The van der Waals surface area contributed by atoms with Crippen LogP contribution in [-0.2, 0) is 32.5 Å². The van der Waals surface area contributed by atoms with Crippen LogP contribution in [0.5, 0.6) is 11.5 Å². The fraction of sp³-hybridized carbons (Fsp3) is 0.381. The van der Waals surface area contributed by atoms with Gasteiger partial charge in [-0.25, -0.2) is 4.79 Å². The summed E-state index contributed by atoms with van der Waals surface area (Å²) in [6.07, 6.45) is 1.95. The number of benzene rings is 2. The quantitative estimate of drug-likeness (QED) is 0.414. The summed E-state index contributed by atoms with van der Waals surface area (Å²) in [5.41, 5.74) is 1.88. The first-order valence-electron chi connectivity index (χ1n) is 9.31. The second-order valence-corrected chi connectivity index (χ2v) is 8.09. The molecule has 0 aliphatic heterocycles. The Labute approximate surface area is 171 Å². The molecule has 0 aromatic heterocycles. The fourth-order valence-electron chi connectivity index (χ4n) is 2.75. The first-order chi connectivity index (χ1) is 13.8. The summed E-state index contributed by atoms with van der Waals surface area (Å²) in [7, 11) is -3.52. The van der Waals surface area contributed by atoms with E-state index in [4.69, 9.17) is 13.7 Å². The van der Waals surface area contributed by atoms with Crippen LogP contribution < -0.4 is 8.92 Å². The zero-order valence-corrected chi connectivity index (χ0v) is 17.4. The van der Waals surface area contributed by atoms with Gasteiger partial charge in [0.05, 0.1) is 12.9 Å². The van der Waals surface area contributed by atoms with E-state index >= 15 is 0 Å². The molecule has 0 heterocycles. The smallest absolute Gasteiger partial charge is 0.333 e. The van der Waals surface area contributed by atoms with Crippen LogP contribution in [-0.4, -0.2) is 45.1 Å². The van der Waals surface area contributed by atoms with Crippen molar-refractivity contribution in [3.63, 3.8) is 0 Å². The Hall–Kier alpha value is -2.58. The van der Waals surface area contributed by atoms with Gasteiger partial charge in [-0.3, -0.25) is 0 Å². The number of hydrogen-bond donors (Lipinski definition) is 1. The van der Waals surface area contributed by atoms with Gasteiger partial charge in [-0.05, 0) is 55.2 Å². The molecule has 0 amide bonds. The predicted molar refractivity (Wildman–Crippen MR) is 109 cm³/mol. The highest BCUT2D eigenvalue weighted by Crippen LogP contribution is 2.18. The third-order valence-corrected chi connectivity index (χ3v) is 4.51. The standard InChI is InChI=1S/C21H26O7S/c1-3-26-20(21(22)23)15-17-6-4-8-19(14-17)27-13-5-7-16-9-11-18(12-10-16)28-29(2,24)25/h4,6,8-12,14,20H,3,5,7,13,15H2,1-2H3,(H,22,23). The van der Waals surface area contributed by atoms with E-state index in [0.717, 1.165) is 30.2 Å². The maximum atomic E-state index is 11.2. The lowest BCUT2D eigenvalue weighted by molar-refractivity contribution is -0.149. The molecule has 1 N–H and O–H groups in total. The third kappa shape index (κ3) is 8.53. The van der Waals surface area contributed by atoms with E-state index in [0.29, 0.717) is 19.0 Å². The Balaban J connectivity index is 1.81. The normalized spacial score (nSPS) is 12.3. The van der Waals surface area contributed by atoms with Crippen LogP contribution in [0.3, 0.4) is 0 Å². The van der Waals surface area contributed by atoms with Crippen molar-refractivity contribution in [2.24, 2.45) is 0 Å². The zero-order valence-electron chi connectivity index (χ0n) is 16.5. The van der Waals surface area contributed by atoms with E-state index in [1.54, 1.807) is 19.1 Å². The topological polar surface area (TPSA) is 99.1 Å². The monoisotopic (exact) mass is 422 g/mol. The van der Waals surface area contributed by atoms with Gasteiger partial charge >= 0.3 is 16.1 Å². The number of carboxylic acids is 1. The van der Waals surface area contributed by atoms with E-state index in [1.807, 2.05) is 36.4 Å². The molecule has 2 aromatic carbocycles. The van der Waals surface area contributed by atoms with Gasteiger partial charge in [-0.2, -0.15) is 8.42 Å². The molecule has 0 saturated carbocycles. The number of ether oxygens (including phenoxy) is 2. The van der Waals surface area contributed by atoms with Crippen LogP contribution >= 0.6 is 0 Å². The average Bonchev–Trinajstić information content (AvgIpc) is 2.65. The molecule has 0 aliphatic carbocycles. The molecule has 0 fully saturated rings. The van der Waals surface area contributed by atoms with Crippen LogP contribution in [0.15, 0.2) is 48.5 Å². The minimum atomic E-state index is -3.52. The predicted octanol–water partition coefficient (Wildman–Crippen LogP) is 3.07. The minimum Gasteiger partial charge on any atom is -0.494 e. The van der Waals surface area contributed by atoms with Gasteiger partial charge in [0.2, 0.25) is 0 Å². The first kappa shape index (κ1) is 22.7. The summed E-state index contributed by atoms with van der Waals surface area (Å²) < 4.78 is 38.0. The maximum Gasteiger partial charge on any atom is 0.333 e. The number of hydrogen-bond acceptors (Lipinski definition) is 6. The lowest BCUT2D eigenvalue weighted by Crippen LogP contribution is -2.26. The summed E-state index contributed by atoms with van der Waals surface area (Å²) in [6, 6.07) is 14.2. The largest absolute Gasteiger partial charge is 0.494 e. The Morgan fingerprint density at radius 3 is 2.41 bits per heavy atom. The molecule has 158 valence electrons. The van der Waals surface area contributed by atoms with Gasteiger partial charge in [0, 0.05) is 13.0 Å². The van der Waals surface area contributed by atoms with Gasteiger partial charge in [0.15, 0.2) is 6.10 Å². The van der Waals surface area contributed by atoms with Gasteiger partial charge in [-0.15, -0.1) is 0 Å². The van der Waals surface area contributed by atoms with Crippen molar-refractivity contribution in [3.8, 4) is 11.5 Å². The summed E-state index contributed by atoms with van der Waals surface area (Å²) >= 11 is 0. The van der Waals surface area contributed by atoms with Crippen molar-refractivity contribution >= 4 is 16.1 Å². The Morgan fingerprint density at radius 2 is 1.79 bits per heavy atom. The second-order valence-electron chi connectivity index (χ2n) is 6.52. The molecule has 1 atom stereocenters. The molecule has 0 spiro atoms. The van der Waals surface area contributed by atoms with E-state index in [1.165, 1.54) is 0 Å². The SMILES string of the molecule is CCOC(Cc1cccc(OCCCc2ccc(OS(C)(=O)=O)cc2)c1)C(=O)O. The minimum absolute atomic E-state index is 0.280. The highest BCUT2D eigenvalue weighted by molar-refractivity contribution is 7.86. The van der Waals surface area contributed by atoms with Gasteiger partial charge in [0.1, 0.15) is 11.5 Å². The van der Waals surface area contributed by atoms with Crippen LogP contribution in [0.25, 0.3) is 0 Å². The van der Waals surface area contributed by atoms with Crippen molar-refractivity contribution in [2.45, 2.75) is 32.3 Å². The molecule has 7 nitrogen and oxygen atoms in total. The highest BCUT2D eigenvalue weighted by Gasteiger charge is 2.18. The molecule has 0 radical (unpaired) electrons. The van der Waals surface area contributed by atoms with Crippen LogP contribution in [0.1, 0.15) is 24.5 Å². The van der Waals surface area contributed by atoms with Crippen molar-refractivity contribution in [1.29, 1.82) is 0 Å². The number of rotatable bonds is 12. The number of carbonyl (C=O) groups is 1. The van der Waals surface area contributed by atoms with Crippen molar-refractivity contribution < 1.29 is 32.0 Å². The molecule has 2 aromatic rings. The average molecular weight is 422 g/mol. The van der Waals surface area contributed by atoms with Crippen LogP contribution in [0, 0.1) is 0 Å². The summed E-state index contributed by atoms with van der Waals surface area (Å²) in [4.78, 5) is 11.2. The van der Waals surface area contributed by atoms with Crippen molar-refractivity contribution in [3.05, 3.63) is 59.7 Å². The Bertz CT molecular complexity index is 892. The van der Waals surface area contributed by atoms with Crippen LogP contribution in [0.2, 0.25) is 0 Å². The summed E-state index contributed by atoms with van der Waals surface area (Å²) in [5, 5.41) is 9.20. The fourth-order valence-corrected chi connectivity index (χ4v) is 3.21. The molecule has 8 heteroatoms. The number of aliphatic carboxylic acids is 1. The first-order valence-corrected chi connectivity index (χ1v) is 11.1. The van der Waals surface area contributed by atoms with Gasteiger partial charge < -0.3 is 18.8 Å². The lowest BCUT2D eigenvalue weighted by atomic mass is 10.1. The number of carboxylic acid groups (broad SMARTS) is 1. The van der Waals surface area contributed by atoms with Crippen LogP contribution in [0.4, 0.5) is 0 Å². The zero-order chi connectivity index (χ0) is 21.3. The van der Waals surface area contributed by atoms with Crippen molar-refractivity contribution in [2.75, 3.05) is 19.5 Å². The third-order valence-electron chi connectivity index (χ3n) is 4.01. The van der Waals surface area contributed by atoms with E-state index in [9.17, 15) is 18.3 Å². The Kier molecular flexibility index (Phi) is 8.48. The molecule has 29 heavy (non-hydrogen) atoms. The summed E-state index contributed by atoms with van der Waals surface area (Å²) in [6.45, 7) is 2.61. The Morgan fingerprint density at radius 1 is 1.07 bits per heavy atom. The molecule has 0 bridgehead atoms. The van der Waals surface area contributed by atoms with E-state index in [2.05, 4.69) is 0 Å². The maximum absolute atomic E-state index is 11.2. The number of aryl methyl sites for hydroxylation is 1. The molecular formula is C21H26O7S. The molecule has 1 unspecified atom stereocenters. The molecular weight excluding hydrogens is 396 g/mol. The highest BCUT2D eigenvalue weighted by atomic mass is 32.2. The second kappa shape index (κ2) is 10.8. The summed E-state index contributed by atoms with van der Waals surface area (Å²) in [5.74, 6) is -0.0119. The molecule has 2 rings (SSSR count). The van der Waals surface area contributed by atoms with Crippen molar-refractivity contribution in [1.82, 2.24) is 0 Å². The van der Waals surface area contributed by atoms with E-state index in [-0.39, 0.29) is 12.2 Å². The lowest BCUT2D eigenvalue weighted by Gasteiger charge is -2.13. The van der Waals surface area contributed by atoms with E-state index < -0.39 is 22.2 Å². The molecule has 0 aliphatic rings. The van der Waals surface area contributed by atoms with Gasteiger partial charge in [-0.1, -0.05) is 24.3 Å².